The van der Waals surface area contributed by atoms with Crippen molar-refractivity contribution in [2.75, 3.05) is 31.5 Å². The zero-order chi connectivity index (χ0) is 13.5. The molecular weight excluding hydrogens is 244 g/mol. The SMILES string of the molecule is CCCN(CC)CCCCNc1c(C)c(=O)c1=S. The Balaban J connectivity index is 2.16. The van der Waals surface area contributed by atoms with Crippen LogP contribution in [0.5, 0.6) is 0 Å². The van der Waals surface area contributed by atoms with Crippen LogP contribution in [0.4, 0.5) is 5.69 Å². The summed E-state index contributed by atoms with van der Waals surface area (Å²) in [7, 11) is 0. The largest absolute Gasteiger partial charge is 0.383 e. The van der Waals surface area contributed by atoms with Crippen molar-refractivity contribution in [3.05, 3.63) is 20.3 Å². The molecule has 0 amide bonds. The Labute approximate surface area is 115 Å². The lowest BCUT2D eigenvalue weighted by Crippen LogP contribution is -2.26. The lowest BCUT2D eigenvalue weighted by atomic mass is 10.1. The molecule has 0 saturated heterocycles. The number of anilines is 1. The first-order valence-electron chi connectivity index (χ1n) is 6.87. The summed E-state index contributed by atoms with van der Waals surface area (Å²) >= 11 is 5.00. The normalized spacial score (nSPS) is 11.3. The molecule has 0 aromatic heterocycles. The van der Waals surface area contributed by atoms with Crippen LogP contribution in [-0.4, -0.2) is 31.1 Å². The van der Waals surface area contributed by atoms with E-state index >= 15 is 0 Å². The molecule has 1 rings (SSSR count). The molecule has 1 N–H and O–H groups in total. The summed E-state index contributed by atoms with van der Waals surface area (Å²) in [6, 6.07) is 0. The lowest BCUT2D eigenvalue weighted by Gasteiger charge is -2.19. The van der Waals surface area contributed by atoms with Crippen molar-refractivity contribution in [3.8, 4) is 0 Å². The van der Waals surface area contributed by atoms with E-state index in [4.69, 9.17) is 12.2 Å². The zero-order valence-corrected chi connectivity index (χ0v) is 12.5. The number of nitrogens with zero attached hydrogens (tertiary/aromatic N) is 1. The molecule has 0 saturated carbocycles. The highest BCUT2D eigenvalue weighted by Crippen LogP contribution is 2.15. The fourth-order valence-electron chi connectivity index (χ4n) is 2.14. The van der Waals surface area contributed by atoms with Gasteiger partial charge in [0.1, 0.15) is 4.51 Å². The van der Waals surface area contributed by atoms with Crippen LogP contribution in [-0.2, 0) is 0 Å². The number of unbranched alkanes of at least 4 members (excludes halogenated alkanes) is 1. The maximum atomic E-state index is 11.2. The molecule has 0 unspecified atom stereocenters. The molecule has 0 fully saturated rings. The molecule has 4 heteroatoms. The second-order valence-electron chi connectivity index (χ2n) is 4.73. The molecule has 0 atom stereocenters. The standard InChI is InChI=1S/C14H24N2OS/c1-4-9-16(5-2)10-7-6-8-15-12-11(3)13(17)14(12)18/h15H,4-10H2,1-3H3. The van der Waals surface area contributed by atoms with E-state index in [1.165, 1.54) is 19.4 Å². The van der Waals surface area contributed by atoms with Gasteiger partial charge in [-0.05, 0) is 45.8 Å². The van der Waals surface area contributed by atoms with Gasteiger partial charge in [-0.2, -0.15) is 0 Å². The van der Waals surface area contributed by atoms with Crippen LogP contribution < -0.4 is 10.7 Å². The Hall–Kier alpha value is -0.740. The summed E-state index contributed by atoms with van der Waals surface area (Å²) in [5.74, 6) is 0. The quantitative estimate of drug-likeness (QED) is 0.551. The van der Waals surface area contributed by atoms with Gasteiger partial charge in [-0.25, -0.2) is 0 Å². The fraction of sp³-hybridized carbons (Fsp3) is 0.714. The summed E-state index contributed by atoms with van der Waals surface area (Å²) in [5.41, 5.74) is 1.73. The van der Waals surface area contributed by atoms with E-state index in [0.717, 1.165) is 37.3 Å². The number of hydrogen-bond acceptors (Lipinski definition) is 4. The third-order valence-corrected chi connectivity index (χ3v) is 3.73. The van der Waals surface area contributed by atoms with Gasteiger partial charge < -0.3 is 10.2 Å². The van der Waals surface area contributed by atoms with E-state index < -0.39 is 0 Å². The molecule has 0 bridgehead atoms. The zero-order valence-electron chi connectivity index (χ0n) is 11.7. The maximum Gasteiger partial charge on any atom is 0.203 e. The first-order chi connectivity index (χ1) is 8.61. The van der Waals surface area contributed by atoms with Crippen LogP contribution in [0.15, 0.2) is 4.79 Å². The predicted octanol–water partition coefficient (Wildman–Crippen LogP) is 2.88. The number of nitrogens with one attached hydrogen (secondary N) is 1. The van der Waals surface area contributed by atoms with Gasteiger partial charge in [-0.3, -0.25) is 4.79 Å². The van der Waals surface area contributed by atoms with E-state index in [9.17, 15) is 4.79 Å². The van der Waals surface area contributed by atoms with Gasteiger partial charge in [-0.15, -0.1) is 0 Å². The minimum absolute atomic E-state index is 0.0348. The fourth-order valence-corrected chi connectivity index (χ4v) is 2.51. The molecule has 102 valence electrons. The third kappa shape index (κ3) is 3.89. The van der Waals surface area contributed by atoms with Gasteiger partial charge >= 0.3 is 0 Å². The minimum Gasteiger partial charge on any atom is -0.383 e. The molecule has 18 heavy (non-hydrogen) atoms. The Kier molecular flexibility index (Phi) is 6.50. The molecule has 0 heterocycles. The van der Waals surface area contributed by atoms with Crippen LogP contribution in [0.1, 0.15) is 38.7 Å². The van der Waals surface area contributed by atoms with Gasteiger partial charge in [0.15, 0.2) is 0 Å². The van der Waals surface area contributed by atoms with Crippen molar-refractivity contribution in [1.29, 1.82) is 0 Å². The van der Waals surface area contributed by atoms with Gasteiger partial charge in [0.2, 0.25) is 5.43 Å². The van der Waals surface area contributed by atoms with Crippen molar-refractivity contribution in [2.45, 2.75) is 40.0 Å². The molecule has 3 nitrogen and oxygen atoms in total. The van der Waals surface area contributed by atoms with Gasteiger partial charge in [-0.1, -0.05) is 26.1 Å². The molecular formula is C14H24N2OS. The smallest absolute Gasteiger partial charge is 0.203 e. The summed E-state index contributed by atoms with van der Waals surface area (Å²) in [6.45, 7) is 10.6. The Morgan fingerprint density at radius 2 is 1.94 bits per heavy atom. The first kappa shape index (κ1) is 15.3. The molecule has 0 spiro atoms. The third-order valence-electron chi connectivity index (χ3n) is 3.34. The van der Waals surface area contributed by atoms with Crippen molar-refractivity contribution in [3.63, 3.8) is 0 Å². The van der Waals surface area contributed by atoms with Crippen molar-refractivity contribution in [1.82, 2.24) is 4.90 Å². The van der Waals surface area contributed by atoms with Crippen LogP contribution in [0.3, 0.4) is 0 Å². The molecule has 0 aliphatic carbocycles. The lowest BCUT2D eigenvalue weighted by molar-refractivity contribution is 0.283. The van der Waals surface area contributed by atoms with E-state index in [-0.39, 0.29) is 5.43 Å². The monoisotopic (exact) mass is 268 g/mol. The molecule has 0 aliphatic rings. The predicted molar refractivity (Wildman–Crippen MR) is 80.8 cm³/mol. The highest BCUT2D eigenvalue weighted by atomic mass is 32.1. The Morgan fingerprint density at radius 3 is 2.50 bits per heavy atom. The average Bonchev–Trinajstić information content (AvgIpc) is 2.40. The highest BCUT2D eigenvalue weighted by Gasteiger charge is 2.11. The van der Waals surface area contributed by atoms with E-state index in [1.807, 2.05) is 6.92 Å². The van der Waals surface area contributed by atoms with E-state index in [0.29, 0.717) is 4.51 Å². The summed E-state index contributed by atoms with van der Waals surface area (Å²) in [5, 5.41) is 3.27. The van der Waals surface area contributed by atoms with Crippen LogP contribution in [0, 0.1) is 11.4 Å². The summed E-state index contributed by atoms with van der Waals surface area (Å²) < 4.78 is 0.480. The summed E-state index contributed by atoms with van der Waals surface area (Å²) in [4.78, 5) is 13.7. The van der Waals surface area contributed by atoms with Crippen molar-refractivity contribution < 1.29 is 0 Å². The molecule has 0 aliphatic heterocycles. The number of rotatable bonds is 9. The Bertz CT molecular complexity index is 435. The van der Waals surface area contributed by atoms with Gasteiger partial charge in [0.25, 0.3) is 0 Å². The van der Waals surface area contributed by atoms with Gasteiger partial charge in [0.05, 0.1) is 5.69 Å². The van der Waals surface area contributed by atoms with Crippen LogP contribution >= 0.6 is 12.2 Å². The van der Waals surface area contributed by atoms with E-state index in [2.05, 4.69) is 24.1 Å². The molecule has 1 aromatic rings. The first-order valence-corrected chi connectivity index (χ1v) is 7.28. The van der Waals surface area contributed by atoms with E-state index in [1.54, 1.807) is 0 Å². The second kappa shape index (κ2) is 7.64. The topological polar surface area (TPSA) is 32.3 Å². The average molecular weight is 268 g/mol. The van der Waals surface area contributed by atoms with Gasteiger partial charge in [0, 0.05) is 12.1 Å². The maximum absolute atomic E-state index is 11.2. The van der Waals surface area contributed by atoms with Crippen molar-refractivity contribution in [2.24, 2.45) is 0 Å². The second-order valence-corrected chi connectivity index (χ2v) is 5.13. The van der Waals surface area contributed by atoms with Crippen LogP contribution in [0.25, 0.3) is 0 Å². The van der Waals surface area contributed by atoms with Crippen molar-refractivity contribution >= 4 is 17.9 Å². The Morgan fingerprint density at radius 1 is 1.22 bits per heavy atom. The number of hydrogen-bond donors (Lipinski definition) is 1. The summed E-state index contributed by atoms with van der Waals surface area (Å²) in [6.07, 6.45) is 3.52. The molecule has 1 aromatic carbocycles. The minimum atomic E-state index is 0.0348. The van der Waals surface area contributed by atoms with Crippen LogP contribution in [0.2, 0.25) is 0 Å². The molecule has 0 radical (unpaired) electrons. The highest BCUT2D eigenvalue weighted by molar-refractivity contribution is 7.71.